The molecule has 1 aromatic carbocycles. The molecule has 0 spiro atoms. The number of carbonyl (C=O) groups excluding carboxylic acids is 1. The number of hydrogen-bond donors (Lipinski definition) is 2. The van der Waals surface area contributed by atoms with Crippen LogP contribution in [0.4, 0.5) is 0 Å². The zero-order valence-electron chi connectivity index (χ0n) is 11.0. The minimum atomic E-state index is -3.30. The van der Waals surface area contributed by atoms with E-state index in [0.29, 0.717) is 5.56 Å². The normalized spacial score (nSPS) is 12.2. The summed E-state index contributed by atoms with van der Waals surface area (Å²) in [5, 5.41) is 2.72. The second-order valence-electron chi connectivity index (χ2n) is 4.95. The molecule has 0 aliphatic rings. The Bertz CT molecular complexity index is 570. The second kappa shape index (κ2) is 6.19. The molecule has 0 saturated heterocycles. The Labute approximate surface area is 127 Å². The Morgan fingerprint density at radius 3 is 2.53 bits per heavy atom. The van der Waals surface area contributed by atoms with Crippen molar-refractivity contribution in [3.8, 4) is 0 Å². The van der Waals surface area contributed by atoms with Gasteiger partial charge in [-0.3, -0.25) is 4.79 Å². The van der Waals surface area contributed by atoms with Crippen LogP contribution in [0.2, 0.25) is 0 Å². The fourth-order valence-corrected chi connectivity index (χ4v) is 3.19. The molecular weight excluding hydrogens is 379 g/mol. The molecule has 1 amide bonds. The maximum atomic E-state index is 11.9. The first kappa shape index (κ1) is 16.4. The molecule has 19 heavy (non-hydrogen) atoms. The van der Waals surface area contributed by atoms with E-state index >= 15 is 0 Å². The van der Waals surface area contributed by atoms with Crippen LogP contribution >= 0.6 is 22.6 Å². The zero-order chi connectivity index (χ0) is 14.7. The van der Waals surface area contributed by atoms with Crippen LogP contribution in [0.25, 0.3) is 0 Å². The van der Waals surface area contributed by atoms with Crippen LogP contribution < -0.4 is 10.0 Å². The molecule has 1 aromatic rings. The average molecular weight is 396 g/mol. The number of rotatable bonds is 5. The third-order valence-electron chi connectivity index (χ3n) is 2.24. The molecule has 0 aromatic heterocycles. The van der Waals surface area contributed by atoms with Gasteiger partial charge in [-0.25, -0.2) is 13.1 Å². The minimum absolute atomic E-state index is 0.213. The van der Waals surface area contributed by atoms with E-state index in [1.54, 1.807) is 32.0 Å². The number of nitrogens with one attached hydrogen (secondary N) is 2. The minimum Gasteiger partial charge on any atom is -0.350 e. The molecule has 0 unspecified atom stereocenters. The number of halogens is 1. The SMILES string of the molecule is CC(C)(CNC(=O)c1cccc(I)c1)NS(C)(=O)=O. The fourth-order valence-electron chi connectivity index (χ4n) is 1.57. The van der Waals surface area contributed by atoms with Crippen molar-refractivity contribution in [3.05, 3.63) is 33.4 Å². The number of benzene rings is 1. The first-order chi connectivity index (χ1) is 8.59. The van der Waals surface area contributed by atoms with Crippen LogP contribution in [0.15, 0.2) is 24.3 Å². The van der Waals surface area contributed by atoms with Gasteiger partial charge in [-0.05, 0) is 54.6 Å². The average Bonchev–Trinajstić information content (AvgIpc) is 2.22. The third kappa shape index (κ3) is 6.35. The molecule has 5 nitrogen and oxygen atoms in total. The largest absolute Gasteiger partial charge is 0.350 e. The van der Waals surface area contributed by atoms with E-state index in [2.05, 4.69) is 32.6 Å². The Morgan fingerprint density at radius 1 is 1.37 bits per heavy atom. The van der Waals surface area contributed by atoms with Gasteiger partial charge in [0.2, 0.25) is 10.0 Å². The van der Waals surface area contributed by atoms with Gasteiger partial charge in [-0.2, -0.15) is 0 Å². The van der Waals surface area contributed by atoms with Crippen molar-refractivity contribution in [1.29, 1.82) is 0 Å². The molecule has 0 fully saturated rings. The summed E-state index contributed by atoms with van der Waals surface area (Å²) < 4.78 is 25.8. The van der Waals surface area contributed by atoms with Crippen LogP contribution in [0.1, 0.15) is 24.2 Å². The summed E-state index contributed by atoms with van der Waals surface area (Å²) in [6.07, 6.45) is 1.09. The van der Waals surface area contributed by atoms with Gasteiger partial charge in [0.1, 0.15) is 0 Å². The molecule has 106 valence electrons. The summed E-state index contributed by atoms with van der Waals surface area (Å²) in [6, 6.07) is 7.18. The first-order valence-electron chi connectivity index (χ1n) is 5.62. The van der Waals surface area contributed by atoms with Gasteiger partial charge in [-0.1, -0.05) is 6.07 Å². The number of carbonyl (C=O) groups is 1. The lowest BCUT2D eigenvalue weighted by molar-refractivity contribution is 0.0944. The van der Waals surface area contributed by atoms with Gasteiger partial charge in [0, 0.05) is 21.2 Å². The smallest absolute Gasteiger partial charge is 0.251 e. The van der Waals surface area contributed by atoms with Gasteiger partial charge in [0.15, 0.2) is 0 Å². The van der Waals surface area contributed by atoms with Gasteiger partial charge in [-0.15, -0.1) is 0 Å². The molecule has 7 heteroatoms. The highest BCUT2D eigenvalue weighted by Gasteiger charge is 2.22. The summed E-state index contributed by atoms with van der Waals surface area (Å²) in [5.74, 6) is -0.220. The zero-order valence-corrected chi connectivity index (χ0v) is 14.0. The van der Waals surface area contributed by atoms with Crippen molar-refractivity contribution < 1.29 is 13.2 Å². The summed E-state index contributed by atoms with van der Waals surface area (Å²) >= 11 is 2.13. The van der Waals surface area contributed by atoms with Crippen molar-refractivity contribution in [1.82, 2.24) is 10.0 Å². The molecule has 0 atom stereocenters. The molecule has 0 radical (unpaired) electrons. The quantitative estimate of drug-likeness (QED) is 0.738. The van der Waals surface area contributed by atoms with E-state index in [1.165, 1.54) is 0 Å². The van der Waals surface area contributed by atoms with Crippen LogP contribution in [0, 0.1) is 3.57 Å². The van der Waals surface area contributed by atoms with Crippen LogP contribution in [-0.2, 0) is 10.0 Å². The second-order valence-corrected chi connectivity index (χ2v) is 7.95. The van der Waals surface area contributed by atoms with Crippen molar-refractivity contribution >= 4 is 38.5 Å². The Hall–Kier alpha value is -0.670. The van der Waals surface area contributed by atoms with Crippen LogP contribution in [-0.4, -0.2) is 32.7 Å². The lowest BCUT2D eigenvalue weighted by atomic mass is 10.1. The molecule has 0 heterocycles. The number of amides is 1. The summed E-state index contributed by atoms with van der Waals surface area (Å²) in [4.78, 5) is 11.9. The number of hydrogen-bond acceptors (Lipinski definition) is 3. The lowest BCUT2D eigenvalue weighted by Gasteiger charge is -2.25. The van der Waals surface area contributed by atoms with Gasteiger partial charge >= 0.3 is 0 Å². The molecule has 1 rings (SSSR count). The monoisotopic (exact) mass is 396 g/mol. The van der Waals surface area contributed by atoms with Crippen molar-refractivity contribution in [2.24, 2.45) is 0 Å². The molecule has 0 saturated carbocycles. The molecular formula is C12H17IN2O3S. The predicted molar refractivity (Wildman–Crippen MR) is 83.6 cm³/mol. The van der Waals surface area contributed by atoms with Crippen molar-refractivity contribution in [2.75, 3.05) is 12.8 Å². The molecule has 2 N–H and O–H groups in total. The van der Waals surface area contributed by atoms with Gasteiger partial charge < -0.3 is 5.32 Å². The molecule has 0 aliphatic heterocycles. The summed E-state index contributed by atoms with van der Waals surface area (Å²) in [7, 11) is -3.30. The Balaban J connectivity index is 2.64. The van der Waals surface area contributed by atoms with E-state index in [0.717, 1.165) is 9.83 Å². The lowest BCUT2D eigenvalue weighted by Crippen LogP contribution is -2.51. The standard InChI is InChI=1S/C12H17IN2O3S/c1-12(2,15-19(3,17)18)8-14-11(16)9-5-4-6-10(13)7-9/h4-7,15H,8H2,1-3H3,(H,14,16). The molecule has 0 bridgehead atoms. The maximum Gasteiger partial charge on any atom is 0.251 e. The highest BCUT2D eigenvalue weighted by molar-refractivity contribution is 14.1. The van der Waals surface area contributed by atoms with Crippen LogP contribution in [0.5, 0.6) is 0 Å². The molecule has 0 aliphatic carbocycles. The summed E-state index contributed by atoms with van der Waals surface area (Å²) in [5.41, 5.74) is -0.174. The predicted octanol–water partition coefficient (Wildman–Crippen LogP) is 1.35. The van der Waals surface area contributed by atoms with Gasteiger partial charge in [0.05, 0.1) is 6.26 Å². The van der Waals surface area contributed by atoms with E-state index < -0.39 is 15.6 Å². The van der Waals surface area contributed by atoms with E-state index in [4.69, 9.17) is 0 Å². The summed E-state index contributed by atoms with van der Waals surface area (Å²) in [6.45, 7) is 3.64. The van der Waals surface area contributed by atoms with Crippen molar-refractivity contribution in [3.63, 3.8) is 0 Å². The topological polar surface area (TPSA) is 75.3 Å². The van der Waals surface area contributed by atoms with Gasteiger partial charge in [0.25, 0.3) is 5.91 Å². The maximum absolute atomic E-state index is 11.9. The van der Waals surface area contributed by atoms with E-state index in [-0.39, 0.29) is 12.5 Å². The Morgan fingerprint density at radius 2 is 2.00 bits per heavy atom. The third-order valence-corrected chi connectivity index (χ3v) is 3.83. The Kier molecular flexibility index (Phi) is 5.34. The van der Waals surface area contributed by atoms with E-state index in [9.17, 15) is 13.2 Å². The highest BCUT2D eigenvalue weighted by atomic mass is 127. The van der Waals surface area contributed by atoms with Crippen molar-refractivity contribution in [2.45, 2.75) is 19.4 Å². The van der Waals surface area contributed by atoms with E-state index in [1.807, 2.05) is 6.07 Å². The first-order valence-corrected chi connectivity index (χ1v) is 8.59. The fraction of sp³-hybridized carbons (Fsp3) is 0.417. The highest BCUT2D eigenvalue weighted by Crippen LogP contribution is 2.08. The number of sulfonamides is 1. The van der Waals surface area contributed by atoms with Crippen LogP contribution in [0.3, 0.4) is 0 Å².